The molecule has 0 saturated heterocycles. The first-order valence-corrected chi connectivity index (χ1v) is 4.62. The number of hydrogen-bond acceptors (Lipinski definition) is 5. The molecule has 0 aliphatic rings. The Labute approximate surface area is 91.1 Å². The van der Waals surface area contributed by atoms with Crippen LogP contribution in [0.1, 0.15) is 16.9 Å². The van der Waals surface area contributed by atoms with Crippen molar-refractivity contribution in [3.05, 3.63) is 22.1 Å². The van der Waals surface area contributed by atoms with Crippen molar-refractivity contribution in [3.63, 3.8) is 0 Å². The molecule has 0 saturated carbocycles. The van der Waals surface area contributed by atoms with Crippen LogP contribution in [-0.2, 0) is 7.05 Å². The zero-order chi connectivity index (χ0) is 12.1. The molecule has 1 amide bonds. The number of hydrogen-bond donors (Lipinski definition) is 2. The van der Waals surface area contributed by atoms with Crippen LogP contribution in [0, 0.1) is 10.1 Å². The quantitative estimate of drug-likeness (QED) is 0.398. The average Bonchev–Trinajstić information content (AvgIpc) is 2.60. The van der Waals surface area contributed by atoms with Crippen molar-refractivity contribution < 1.29 is 14.8 Å². The molecule has 88 valence electrons. The second kappa shape index (κ2) is 5.21. The van der Waals surface area contributed by atoms with E-state index in [1.807, 2.05) is 0 Å². The maximum absolute atomic E-state index is 11.6. The zero-order valence-electron chi connectivity index (χ0n) is 8.71. The van der Waals surface area contributed by atoms with Crippen LogP contribution in [0.4, 0.5) is 5.82 Å². The Balaban J connectivity index is 2.81. The molecule has 0 radical (unpaired) electrons. The summed E-state index contributed by atoms with van der Waals surface area (Å²) in [4.78, 5) is 25.0. The number of carbonyl (C=O) groups excluding carboxylic acids is 1. The van der Waals surface area contributed by atoms with Gasteiger partial charge in [0, 0.05) is 20.2 Å². The van der Waals surface area contributed by atoms with Gasteiger partial charge < -0.3 is 25.1 Å². The molecule has 0 spiro atoms. The number of aromatic nitrogens is 2. The Bertz CT molecular complexity index is 401. The lowest BCUT2D eigenvalue weighted by Crippen LogP contribution is -2.27. The average molecular weight is 228 g/mol. The molecule has 0 aromatic carbocycles. The van der Waals surface area contributed by atoms with Crippen molar-refractivity contribution in [3.8, 4) is 0 Å². The van der Waals surface area contributed by atoms with Crippen molar-refractivity contribution >= 4 is 11.7 Å². The van der Waals surface area contributed by atoms with Gasteiger partial charge in [0.15, 0.2) is 0 Å². The Kier molecular flexibility index (Phi) is 3.95. The van der Waals surface area contributed by atoms with Crippen molar-refractivity contribution in [2.75, 3.05) is 13.2 Å². The summed E-state index contributed by atoms with van der Waals surface area (Å²) in [6.45, 7) is 0.214. The van der Waals surface area contributed by atoms with Crippen LogP contribution in [0.3, 0.4) is 0 Å². The zero-order valence-corrected chi connectivity index (χ0v) is 8.71. The van der Waals surface area contributed by atoms with Crippen molar-refractivity contribution in [1.29, 1.82) is 0 Å². The summed E-state index contributed by atoms with van der Waals surface area (Å²) in [5.41, 5.74) is -0.0945. The smallest absolute Gasteiger partial charge is 0.394 e. The van der Waals surface area contributed by atoms with Crippen LogP contribution >= 0.6 is 0 Å². The van der Waals surface area contributed by atoms with Gasteiger partial charge in [0.1, 0.15) is 0 Å². The topological polar surface area (TPSA) is 110 Å². The fraction of sp³-hybridized carbons (Fsp3) is 0.500. The summed E-state index contributed by atoms with van der Waals surface area (Å²) >= 11 is 0. The summed E-state index contributed by atoms with van der Waals surface area (Å²) in [5, 5.41) is 21.6. The molecule has 2 N–H and O–H groups in total. The fourth-order valence-electron chi connectivity index (χ4n) is 1.18. The molecule has 1 aromatic rings. The minimum atomic E-state index is -0.707. The fourth-order valence-corrected chi connectivity index (χ4v) is 1.18. The van der Waals surface area contributed by atoms with Crippen LogP contribution in [-0.4, -0.2) is 38.6 Å². The molecule has 0 bridgehead atoms. The third kappa shape index (κ3) is 2.54. The van der Waals surface area contributed by atoms with E-state index in [1.165, 1.54) is 17.9 Å². The Hall–Kier alpha value is -1.96. The highest BCUT2D eigenvalue weighted by atomic mass is 16.6. The molecule has 16 heavy (non-hydrogen) atoms. The number of aliphatic hydroxyl groups is 1. The van der Waals surface area contributed by atoms with Crippen LogP contribution < -0.4 is 5.32 Å². The first-order chi connectivity index (χ1) is 7.57. The normalized spacial score (nSPS) is 10.1. The van der Waals surface area contributed by atoms with E-state index in [2.05, 4.69) is 10.3 Å². The SMILES string of the molecule is Cn1cnc([N+](=O)[O-])c1C(=O)NCCCO. The minimum absolute atomic E-state index is 0.0479. The van der Waals surface area contributed by atoms with Crippen LogP contribution in [0.5, 0.6) is 0 Å². The molecule has 1 rings (SSSR count). The molecule has 0 atom stereocenters. The predicted molar refractivity (Wildman–Crippen MR) is 53.9 cm³/mol. The second-order valence-electron chi connectivity index (χ2n) is 3.12. The van der Waals surface area contributed by atoms with Gasteiger partial charge in [-0.15, -0.1) is 0 Å². The number of imidazole rings is 1. The Morgan fingerprint density at radius 1 is 1.75 bits per heavy atom. The molecule has 1 heterocycles. The number of amides is 1. The molecular formula is C8H12N4O4. The van der Waals surface area contributed by atoms with E-state index in [-0.39, 0.29) is 18.8 Å². The van der Waals surface area contributed by atoms with Crippen LogP contribution in [0.15, 0.2) is 6.33 Å². The first-order valence-electron chi connectivity index (χ1n) is 4.62. The van der Waals surface area contributed by atoms with Gasteiger partial charge in [0.25, 0.3) is 5.91 Å². The van der Waals surface area contributed by atoms with E-state index in [1.54, 1.807) is 0 Å². The summed E-state index contributed by atoms with van der Waals surface area (Å²) in [6, 6.07) is 0. The molecule has 0 aliphatic heterocycles. The summed E-state index contributed by atoms with van der Waals surface area (Å²) < 4.78 is 1.28. The van der Waals surface area contributed by atoms with Gasteiger partial charge >= 0.3 is 5.82 Å². The molecule has 8 nitrogen and oxygen atoms in total. The van der Waals surface area contributed by atoms with Gasteiger partial charge in [-0.3, -0.25) is 4.79 Å². The highest BCUT2D eigenvalue weighted by Crippen LogP contribution is 2.14. The Morgan fingerprint density at radius 2 is 2.44 bits per heavy atom. The number of nitrogens with one attached hydrogen (secondary N) is 1. The van der Waals surface area contributed by atoms with E-state index in [4.69, 9.17) is 5.11 Å². The van der Waals surface area contributed by atoms with Crippen molar-refractivity contribution in [2.45, 2.75) is 6.42 Å². The Morgan fingerprint density at radius 3 is 3.00 bits per heavy atom. The summed E-state index contributed by atoms with van der Waals surface area (Å²) in [7, 11) is 1.50. The summed E-state index contributed by atoms with van der Waals surface area (Å²) in [5.74, 6) is -1.04. The van der Waals surface area contributed by atoms with E-state index in [9.17, 15) is 14.9 Å². The first kappa shape index (κ1) is 12.1. The van der Waals surface area contributed by atoms with Crippen molar-refractivity contribution in [1.82, 2.24) is 14.9 Å². The number of aliphatic hydroxyl groups excluding tert-OH is 1. The van der Waals surface area contributed by atoms with Gasteiger partial charge in [-0.25, -0.2) is 0 Å². The molecule has 8 heteroatoms. The maximum Gasteiger partial charge on any atom is 0.394 e. The highest BCUT2D eigenvalue weighted by molar-refractivity contribution is 5.95. The summed E-state index contributed by atoms with van der Waals surface area (Å²) in [6.07, 6.45) is 1.61. The maximum atomic E-state index is 11.6. The largest absolute Gasteiger partial charge is 0.396 e. The van der Waals surface area contributed by atoms with E-state index in [0.29, 0.717) is 6.42 Å². The molecule has 1 aromatic heterocycles. The number of carbonyl (C=O) groups is 1. The third-order valence-electron chi connectivity index (χ3n) is 1.93. The van der Waals surface area contributed by atoms with Gasteiger partial charge in [0.2, 0.25) is 12.0 Å². The van der Waals surface area contributed by atoms with Crippen LogP contribution in [0.25, 0.3) is 0 Å². The number of aryl methyl sites for hydroxylation is 1. The molecular weight excluding hydrogens is 216 g/mol. The van der Waals surface area contributed by atoms with E-state index < -0.39 is 16.6 Å². The van der Waals surface area contributed by atoms with Crippen LogP contribution in [0.2, 0.25) is 0 Å². The minimum Gasteiger partial charge on any atom is -0.396 e. The van der Waals surface area contributed by atoms with Gasteiger partial charge in [-0.2, -0.15) is 0 Å². The van der Waals surface area contributed by atoms with Gasteiger partial charge in [-0.1, -0.05) is 0 Å². The number of rotatable bonds is 5. The molecule has 0 aliphatic carbocycles. The lowest BCUT2D eigenvalue weighted by molar-refractivity contribution is -0.389. The lowest BCUT2D eigenvalue weighted by Gasteiger charge is -2.03. The second-order valence-corrected chi connectivity index (χ2v) is 3.12. The molecule has 0 fully saturated rings. The van der Waals surface area contributed by atoms with E-state index >= 15 is 0 Å². The molecule has 0 unspecified atom stereocenters. The highest BCUT2D eigenvalue weighted by Gasteiger charge is 2.25. The standard InChI is InChI=1S/C8H12N4O4/c1-11-5-10-7(12(15)16)6(11)8(14)9-3-2-4-13/h5,13H,2-4H2,1H3,(H,9,14). The van der Waals surface area contributed by atoms with Gasteiger partial charge in [-0.05, 0) is 16.3 Å². The third-order valence-corrected chi connectivity index (χ3v) is 1.93. The number of nitro groups is 1. The van der Waals surface area contributed by atoms with Gasteiger partial charge in [0.05, 0.1) is 0 Å². The number of nitrogens with zero attached hydrogens (tertiary/aromatic N) is 3. The monoisotopic (exact) mass is 228 g/mol. The van der Waals surface area contributed by atoms with Crippen molar-refractivity contribution in [2.24, 2.45) is 7.05 Å². The van der Waals surface area contributed by atoms with E-state index in [0.717, 1.165) is 0 Å². The lowest BCUT2D eigenvalue weighted by atomic mass is 10.3. The predicted octanol–water partition coefficient (Wildman–Crippen LogP) is -0.560.